The molecule has 3 heterocycles. The standard InChI is InChI=1S/C29H31N5O2/c1-20-6-4-9-23-25(18-20)32-28(24-8-2-3-10-26(24)35)33-29(23)34-16-13-22(14-17-34)31-27(36)12-11-21-7-5-15-30-19-21/h2-3,5-10,15,18-19,22,35H,4,11-14,16-17H2,1H3,(H,31,36). The summed E-state index contributed by atoms with van der Waals surface area (Å²) in [5, 5.41) is 15.6. The van der Waals surface area contributed by atoms with Crippen LogP contribution < -0.4 is 20.8 Å². The Morgan fingerprint density at radius 2 is 1.94 bits per heavy atom. The number of benzene rings is 1. The molecule has 2 N–H and O–H groups in total. The second-order valence-corrected chi connectivity index (χ2v) is 9.41. The maximum absolute atomic E-state index is 12.5. The Hall–Kier alpha value is -4.00. The van der Waals surface area contributed by atoms with E-state index in [4.69, 9.17) is 9.97 Å². The lowest BCUT2D eigenvalue weighted by Gasteiger charge is -2.33. The Kier molecular flexibility index (Phi) is 7.07. The number of rotatable bonds is 6. The number of carbonyl (C=O) groups is 1. The average Bonchev–Trinajstić information content (AvgIpc) is 3.09. The highest BCUT2D eigenvalue weighted by atomic mass is 16.3. The number of pyridine rings is 1. The largest absolute Gasteiger partial charge is 0.507 e. The van der Waals surface area contributed by atoms with E-state index in [-0.39, 0.29) is 17.7 Å². The predicted molar refractivity (Wildman–Crippen MR) is 142 cm³/mol. The molecule has 1 saturated heterocycles. The molecule has 3 aromatic rings. The molecule has 184 valence electrons. The van der Waals surface area contributed by atoms with E-state index in [9.17, 15) is 9.90 Å². The van der Waals surface area contributed by atoms with E-state index in [0.717, 1.165) is 59.9 Å². The van der Waals surface area contributed by atoms with Gasteiger partial charge in [0.25, 0.3) is 0 Å². The summed E-state index contributed by atoms with van der Waals surface area (Å²) in [6, 6.07) is 11.2. The van der Waals surface area contributed by atoms with Crippen LogP contribution in [0.2, 0.25) is 0 Å². The fraction of sp³-hybridized carbons (Fsp3) is 0.310. The van der Waals surface area contributed by atoms with E-state index in [1.807, 2.05) is 30.5 Å². The van der Waals surface area contributed by atoms with Gasteiger partial charge in [-0.1, -0.05) is 35.9 Å². The van der Waals surface area contributed by atoms with Crippen molar-refractivity contribution in [3.8, 4) is 17.1 Å². The Balaban J connectivity index is 1.33. The first-order valence-corrected chi connectivity index (χ1v) is 12.5. The van der Waals surface area contributed by atoms with Crippen molar-refractivity contribution in [2.75, 3.05) is 18.0 Å². The third-order valence-corrected chi connectivity index (χ3v) is 6.75. The normalized spacial score (nSPS) is 15.7. The van der Waals surface area contributed by atoms with Crippen molar-refractivity contribution in [1.29, 1.82) is 0 Å². The van der Waals surface area contributed by atoms with Crippen LogP contribution in [0.4, 0.5) is 5.82 Å². The summed E-state index contributed by atoms with van der Waals surface area (Å²) >= 11 is 0. The number of allylic oxidation sites excluding steroid dienone is 2. The average molecular weight is 482 g/mol. The van der Waals surface area contributed by atoms with E-state index in [1.54, 1.807) is 18.3 Å². The van der Waals surface area contributed by atoms with E-state index < -0.39 is 0 Å². The molecule has 0 bridgehead atoms. The quantitative estimate of drug-likeness (QED) is 0.563. The minimum absolute atomic E-state index is 0.0829. The van der Waals surface area contributed by atoms with Gasteiger partial charge in [-0.2, -0.15) is 0 Å². The Labute approximate surface area is 210 Å². The molecule has 0 radical (unpaired) electrons. The first kappa shape index (κ1) is 23.7. The third-order valence-electron chi connectivity index (χ3n) is 6.75. The summed E-state index contributed by atoms with van der Waals surface area (Å²) in [5.41, 5.74) is 2.85. The zero-order valence-corrected chi connectivity index (χ0v) is 20.5. The second-order valence-electron chi connectivity index (χ2n) is 9.41. The van der Waals surface area contributed by atoms with Crippen molar-refractivity contribution < 1.29 is 9.90 Å². The topological polar surface area (TPSA) is 91.2 Å². The lowest BCUT2D eigenvalue weighted by atomic mass is 10.0. The van der Waals surface area contributed by atoms with E-state index in [0.29, 0.717) is 24.2 Å². The van der Waals surface area contributed by atoms with Crippen LogP contribution in [0.3, 0.4) is 0 Å². The predicted octanol–water partition coefficient (Wildman–Crippen LogP) is 2.87. The molecule has 0 saturated carbocycles. The number of phenols is 1. The van der Waals surface area contributed by atoms with Crippen LogP contribution in [0, 0.1) is 0 Å². The number of nitrogens with zero attached hydrogens (tertiary/aromatic N) is 4. The number of nitrogens with one attached hydrogen (secondary N) is 1. The summed E-state index contributed by atoms with van der Waals surface area (Å²) in [7, 11) is 0. The fourth-order valence-corrected chi connectivity index (χ4v) is 4.78. The van der Waals surface area contributed by atoms with E-state index >= 15 is 0 Å². The number of phenolic OH excluding ortho intramolecular Hbond substituents is 1. The van der Waals surface area contributed by atoms with E-state index in [2.05, 4.69) is 40.4 Å². The number of para-hydroxylation sites is 1. The lowest BCUT2D eigenvalue weighted by molar-refractivity contribution is -0.121. The molecule has 7 heteroatoms. The zero-order chi connectivity index (χ0) is 24.9. The third kappa shape index (κ3) is 5.46. The number of aromatic nitrogens is 3. The van der Waals surface area contributed by atoms with Gasteiger partial charge < -0.3 is 15.3 Å². The molecule has 1 aliphatic carbocycles. The molecule has 5 rings (SSSR count). The van der Waals surface area contributed by atoms with Crippen LogP contribution in [-0.4, -0.2) is 45.1 Å². The highest BCUT2D eigenvalue weighted by molar-refractivity contribution is 5.76. The van der Waals surface area contributed by atoms with Crippen LogP contribution in [0.1, 0.15) is 38.2 Å². The van der Waals surface area contributed by atoms with Crippen molar-refractivity contribution in [3.05, 3.63) is 76.6 Å². The lowest BCUT2D eigenvalue weighted by Crippen LogP contribution is -2.47. The maximum Gasteiger partial charge on any atom is 0.220 e. The van der Waals surface area contributed by atoms with Crippen LogP contribution in [0.15, 0.2) is 60.4 Å². The molecular formula is C29H31N5O2. The van der Waals surface area contributed by atoms with Crippen LogP contribution >= 0.6 is 0 Å². The molecule has 36 heavy (non-hydrogen) atoms. The number of piperidine rings is 1. The van der Waals surface area contributed by atoms with Crippen LogP contribution in [-0.2, 0) is 11.2 Å². The highest BCUT2D eigenvalue weighted by Gasteiger charge is 2.23. The number of amides is 1. The van der Waals surface area contributed by atoms with Gasteiger partial charge in [0.15, 0.2) is 5.82 Å². The van der Waals surface area contributed by atoms with Crippen molar-refractivity contribution in [2.24, 2.45) is 0 Å². The fourth-order valence-electron chi connectivity index (χ4n) is 4.78. The van der Waals surface area contributed by atoms with Gasteiger partial charge >= 0.3 is 0 Å². The van der Waals surface area contributed by atoms with Crippen molar-refractivity contribution in [3.63, 3.8) is 0 Å². The number of anilines is 1. The minimum Gasteiger partial charge on any atom is -0.507 e. The number of aryl methyl sites for hydroxylation is 1. The monoisotopic (exact) mass is 481 g/mol. The van der Waals surface area contributed by atoms with Crippen LogP contribution in [0.25, 0.3) is 23.5 Å². The second kappa shape index (κ2) is 10.7. The molecule has 1 amide bonds. The molecule has 1 aliphatic heterocycles. The highest BCUT2D eigenvalue weighted by Crippen LogP contribution is 2.26. The smallest absolute Gasteiger partial charge is 0.220 e. The molecule has 1 fully saturated rings. The first-order chi connectivity index (χ1) is 17.6. The Bertz CT molecular complexity index is 1390. The summed E-state index contributed by atoms with van der Waals surface area (Å²) < 4.78 is 0. The summed E-state index contributed by atoms with van der Waals surface area (Å²) in [6.45, 7) is 3.65. The SMILES string of the molecule is CC1=CCC=c2c(N3CCC(NC(=O)CCc4cccnc4)CC3)nc(-c3ccccc3O)nc2=C1. The molecule has 7 nitrogen and oxygen atoms in total. The van der Waals surface area contributed by atoms with Crippen molar-refractivity contribution >= 4 is 23.9 Å². The van der Waals surface area contributed by atoms with Crippen molar-refractivity contribution in [1.82, 2.24) is 20.3 Å². The number of carbonyl (C=O) groups excluding carboxylic acids is 1. The summed E-state index contributed by atoms with van der Waals surface area (Å²) in [4.78, 5) is 28.7. The molecular weight excluding hydrogens is 450 g/mol. The van der Waals surface area contributed by atoms with Crippen molar-refractivity contribution in [2.45, 2.75) is 45.1 Å². The maximum atomic E-state index is 12.5. The molecule has 2 aromatic heterocycles. The van der Waals surface area contributed by atoms with E-state index in [1.165, 1.54) is 0 Å². The van der Waals surface area contributed by atoms with Gasteiger partial charge in [-0.3, -0.25) is 9.78 Å². The van der Waals surface area contributed by atoms with Gasteiger partial charge in [-0.05, 0) is 62.4 Å². The van der Waals surface area contributed by atoms with Gasteiger partial charge in [0.05, 0.1) is 10.9 Å². The minimum atomic E-state index is 0.0829. The number of aromatic hydroxyl groups is 1. The molecule has 1 aromatic carbocycles. The summed E-state index contributed by atoms with van der Waals surface area (Å²) in [6.07, 6.45) is 13.7. The molecule has 2 aliphatic rings. The van der Waals surface area contributed by atoms with Gasteiger partial charge in [-0.25, -0.2) is 9.97 Å². The van der Waals surface area contributed by atoms with Gasteiger partial charge in [0.2, 0.25) is 5.91 Å². The zero-order valence-electron chi connectivity index (χ0n) is 20.5. The molecule has 0 spiro atoms. The van der Waals surface area contributed by atoms with Gasteiger partial charge in [0, 0.05) is 43.2 Å². The summed E-state index contributed by atoms with van der Waals surface area (Å²) in [5.74, 6) is 1.66. The first-order valence-electron chi connectivity index (χ1n) is 12.5. The number of hydrogen-bond donors (Lipinski definition) is 2. The Morgan fingerprint density at radius 3 is 2.72 bits per heavy atom. The molecule has 0 atom stereocenters. The van der Waals surface area contributed by atoms with Gasteiger partial charge in [-0.15, -0.1) is 0 Å². The Morgan fingerprint density at radius 1 is 1.11 bits per heavy atom. The van der Waals surface area contributed by atoms with Crippen LogP contribution in [0.5, 0.6) is 5.75 Å². The number of hydrogen-bond acceptors (Lipinski definition) is 6. The number of fused-ring (bicyclic) bond motifs is 1. The molecule has 0 unspecified atom stereocenters. The van der Waals surface area contributed by atoms with Gasteiger partial charge in [0.1, 0.15) is 11.6 Å².